The van der Waals surface area contributed by atoms with Crippen LogP contribution in [0, 0.1) is 5.92 Å². The molecule has 0 spiro atoms. The number of anilines is 1. The number of hydrogen-bond acceptors (Lipinski definition) is 8. The minimum atomic E-state index is -1.51. The molecule has 0 aliphatic carbocycles. The highest BCUT2D eigenvalue weighted by molar-refractivity contribution is 6.30. The van der Waals surface area contributed by atoms with E-state index >= 15 is 0 Å². The van der Waals surface area contributed by atoms with E-state index in [0.717, 1.165) is 16.8 Å². The fourth-order valence-corrected chi connectivity index (χ4v) is 6.64. The number of para-hydroxylation sites is 1. The van der Waals surface area contributed by atoms with Crippen molar-refractivity contribution in [3.05, 3.63) is 119 Å². The van der Waals surface area contributed by atoms with Gasteiger partial charge in [-0.05, 0) is 71.5 Å². The lowest BCUT2D eigenvalue weighted by Crippen LogP contribution is -2.55. The third-order valence-corrected chi connectivity index (χ3v) is 9.29. The number of amides is 1. The van der Waals surface area contributed by atoms with Gasteiger partial charge in [-0.25, -0.2) is 0 Å². The number of aliphatic hydroxyl groups is 5. The molecule has 2 saturated heterocycles. The van der Waals surface area contributed by atoms with Crippen molar-refractivity contribution in [3.63, 3.8) is 0 Å². The summed E-state index contributed by atoms with van der Waals surface area (Å²) in [6.07, 6.45) is -6.42. The van der Waals surface area contributed by atoms with Crippen LogP contribution in [-0.4, -0.2) is 67.6 Å². The first kappa shape index (κ1) is 32.2. The predicted octanol–water partition coefficient (Wildman–Crippen LogP) is 4.45. The summed E-state index contributed by atoms with van der Waals surface area (Å²) in [7, 11) is 0. The number of carbonyl (C=O) groups excluding carboxylic acids is 1. The summed E-state index contributed by atoms with van der Waals surface area (Å²) in [6.45, 7) is -0.534. The highest BCUT2D eigenvalue weighted by Crippen LogP contribution is 2.48. The highest BCUT2D eigenvalue weighted by Gasteiger charge is 2.49. The maximum absolute atomic E-state index is 13.5. The van der Waals surface area contributed by atoms with E-state index in [1.165, 1.54) is 0 Å². The molecule has 6 N–H and O–H groups in total. The maximum Gasteiger partial charge on any atom is 0.233 e. The Morgan fingerprint density at radius 2 is 1.57 bits per heavy atom. The van der Waals surface area contributed by atoms with Crippen LogP contribution in [0.15, 0.2) is 97.1 Å². The molecule has 1 amide bonds. The summed E-state index contributed by atoms with van der Waals surface area (Å²) in [6, 6.07) is 28.1. The van der Waals surface area contributed by atoms with Crippen molar-refractivity contribution < 1.29 is 40.2 Å². The molecule has 9 nitrogen and oxygen atoms in total. The standard InChI is InChI=1S/C36H36ClNO8/c37-24-12-9-20(10-13-24)28(40)16-15-27-31(38(36(27)45)25-7-2-1-3-8-25)22-11-14-26(29(41)18-22)21-5-4-6-23(17-21)35-34(44)33(43)32(42)30(19-39)46-35/h1-14,17-18,27-28,30-35,39-44H,15-16,19H2/t27-,28+,30-,31-,32-,33+,34-,35+/m1/s1. The number of rotatable bonds is 9. The number of aromatic hydroxyl groups is 1. The number of halogens is 1. The number of phenolic OH excluding ortho intramolecular Hbond substituents is 1. The average Bonchev–Trinajstić information content (AvgIpc) is 3.07. The minimum Gasteiger partial charge on any atom is -0.507 e. The average molecular weight is 646 g/mol. The largest absolute Gasteiger partial charge is 0.507 e. The van der Waals surface area contributed by atoms with Crippen LogP contribution in [0.1, 0.15) is 47.8 Å². The van der Waals surface area contributed by atoms with Crippen molar-refractivity contribution in [1.29, 1.82) is 0 Å². The summed E-state index contributed by atoms with van der Waals surface area (Å²) in [4.78, 5) is 15.2. The van der Waals surface area contributed by atoms with Gasteiger partial charge in [0.2, 0.25) is 5.91 Å². The van der Waals surface area contributed by atoms with Crippen LogP contribution in [0.5, 0.6) is 5.75 Å². The monoisotopic (exact) mass is 645 g/mol. The van der Waals surface area contributed by atoms with Gasteiger partial charge in [0.05, 0.1) is 24.7 Å². The van der Waals surface area contributed by atoms with Gasteiger partial charge in [-0.2, -0.15) is 0 Å². The van der Waals surface area contributed by atoms with Gasteiger partial charge in [0.25, 0.3) is 0 Å². The molecule has 10 heteroatoms. The molecule has 46 heavy (non-hydrogen) atoms. The number of phenols is 1. The molecular weight excluding hydrogens is 610 g/mol. The van der Waals surface area contributed by atoms with Crippen molar-refractivity contribution in [2.45, 2.75) is 55.5 Å². The molecule has 2 aliphatic rings. The van der Waals surface area contributed by atoms with E-state index in [0.29, 0.717) is 34.6 Å². The Labute approximate surface area is 271 Å². The van der Waals surface area contributed by atoms with E-state index < -0.39 is 49.1 Å². The summed E-state index contributed by atoms with van der Waals surface area (Å²) < 4.78 is 5.73. The van der Waals surface area contributed by atoms with E-state index in [-0.39, 0.29) is 17.7 Å². The molecule has 4 aromatic carbocycles. The van der Waals surface area contributed by atoms with Gasteiger partial charge in [-0.15, -0.1) is 0 Å². The number of nitrogens with zero attached hydrogens (tertiary/aromatic N) is 1. The van der Waals surface area contributed by atoms with E-state index in [1.807, 2.05) is 36.4 Å². The van der Waals surface area contributed by atoms with Crippen LogP contribution >= 0.6 is 11.6 Å². The van der Waals surface area contributed by atoms with Crippen molar-refractivity contribution in [1.82, 2.24) is 0 Å². The molecule has 240 valence electrons. The van der Waals surface area contributed by atoms with Gasteiger partial charge >= 0.3 is 0 Å². The van der Waals surface area contributed by atoms with Crippen molar-refractivity contribution in [2.75, 3.05) is 11.5 Å². The Bertz CT molecular complexity index is 1670. The zero-order valence-electron chi connectivity index (χ0n) is 24.8. The fourth-order valence-electron chi connectivity index (χ4n) is 6.51. The number of aliphatic hydroxyl groups excluding tert-OH is 5. The SMILES string of the molecule is O=C1[C@H](CC[C@H](O)c2ccc(Cl)cc2)[C@@H](c2ccc(-c3cccc([C@@H]4O[C@H](CO)[C@@H](O)[C@H](O)[C@H]4O)c3)c(O)c2)N1c1ccccc1. The van der Waals surface area contributed by atoms with E-state index in [4.69, 9.17) is 16.3 Å². The highest BCUT2D eigenvalue weighted by atomic mass is 35.5. The minimum absolute atomic E-state index is 0.0178. The second kappa shape index (κ2) is 13.5. The molecule has 0 saturated carbocycles. The van der Waals surface area contributed by atoms with E-state index in [9.17, 15) is 35.4 Å². The van der Waals surface area contributed by atoms with E-state index in [1.54, 1.807) is 65.6 Å². The summed E-state index contributed by atoms with van der Waals surface area (Å²) >= 11 is 5.99. The Morgan fingerprint density at radius 3 is 2.26 bits per heavy atom. The molecular formula is C36H36ClNO8. The lowest BCUT2D eigenvalue weighted by molar-refractivity contribution is -0.231. The lowest BCUT2D eigenvalue weighted by atomic mass is 9.78. The van der Waals surface area contributed by atoms with Crippen molar-refractivity contribution in [2.24, 2.45) is 5.92 Å². The maximum atomic E-state index is 13.5. The summed E-state index contributed by atoms with van der Waals surface area (Å²) in [5, 5.41) is 63.3. The zero-order valence-corrected chi connectivity index (χ0v) is 25.6. The molecule has 8 atom stereocenters. The summed E-state index contributed by atoms with van der Waals surface area (Å²) in [5.74, 6) is -0.493. The van der Waals surface area contributed by atoms with Gasteiger partial charge in [0.15, 0.2) is 0 Å². The molecule has 2 aliphatic heterocycles. The van der Waals surface area contributed by atoms with Crippen molar-refractivity contribution in [3.8, 4) is 16.9 Å². The number of β-lactam (4-membered cyclic amide) rings is 1. The van der Waals surface area contributed by atoms with Crippen LogP contribution in [0.3, 0.4) is 0 Å². The molecule has 0 bridgehead atoms. The molecule has 0 unspecified atom stereocenters. The van der Waals surface area contributed by atoms with Crippen LogP contribution in [0.25, 0.3) is 11.1 Å². The van der Waals surface area contributed by atoms with Gasteiger partial charge in [-0.3, -0.25) is 4.79 Å². The van der Waals surface area contributed by atoms with Gasteiger partial charge in [0.1, 0.15) is 36.3 Å². The normalized spacial score (nSPS) is 26.9. The Kier molecular flexibility index (Phi) is 9.44. The first-order chi connectivity index (χ1) is 22.2. The van der Waals surface area contributed by atoms with Crippen LogP contribution in [-0.2, 0) is 9.53 Å². The Morgan fingerprint density at radius 1 is 0.826 bits per heavy atom. The number of benzene rings is 4. The quantitative estimate of drug-likeness (QED) is 0.146. The van der Waals surface area contributed by atoms with Crippen LogP contribution in [0.2, 0.25) is 5.02 Å². The molecule has 0 radical (unpaired) electrons. The van der Waals surface area contributed by atoms with Crippen LogP contribution in [0.4, 0.5) is 5.69 Å². The van der Waals surface area contributed by atoms with Gasteiger partial charge < -0.3 is 40.3 Å². The second-order valence-corrected chi connectivity index (χ2v) is 12.3. The van der Waals surface area contributed by atoms with Gasteiger partial charge in [0, 0.05) is 16.3 Å². The molecule has 4 aromatic rings. The predicted molar refractivity (Wildman–Crippen MR) is 172 cm³/mol. The van der Waals surface area contributed by atoms with E-state index in [2.05, 4.69) is 0 Å². The lowest BCUT2D eigenvalue weighted by Gasteiger charge is -2.48. The zero-order chi connectivity index (χ0) is 32.5. The Balaban J connectivity index is 1.26. The number of ether oxygens (including phenoxy) is 1. The second-order valence-electron chi connectivity index (χ2n) is 11.9. The third kappa shape index (κ3) is 6.15. The smallest absolute Gasteiger partial charge is 0.233 e. The molecule has 0 aromatic heterocycles. The summed E-state index contributed by atoms with van der Waals surface area (Å²) in [5.41, 5.74) is 3.81. The third-order valence-electron chi connectivity index (χ3n) is 9.04. The first-order valence-electron chi connectivity index (χ1n) is 15.2. The van der Waals surface area contributed by atoms with Gasteiger partial charge in [-0.1, -0.05) is 72.3 Å². The van der Waals surface area contributed by atoms with Crippen molar-refractivity contribution >= 4 is 23.2 Å². The fraction of sp³-hybridized carbons (Fsp3) is 0.306. The van der Waals surface area contributed by atoms with Crippen LogP contribution < -0.4 is 4.90 Å². The Hall–Kier alpha value is -3.80. The first-order valence-corrected chi connectivity index (χ1v) is 15.6. The molecule has 6 rings (SSSR count). The molecule has 2 fully saturated rings. The topological polar surface area (TPSA) is 151 Å². The molecule has 2 heterocycles. The number of hydrogen-bond donors (Lipinski definition) is 6. The number of carbonyl (C=O) groups is 1.